The fraction of sp³-hybridized carbons (Fsp3) is 0.714. The topological polar surface area (TPSA) is 59.4 Å². The Hall–Kier alpha value is -0.940. The Kier molecular flexibility index (Phi) is 5.34. The van der Waals surface area contributed by atoms with Crippen LogP contribution in [0.5, 0.6) is 0 Å². The van der Waals surface area contributed by atoms with Gasteiger partial charge in [-0.3, -0.25) is 0 Å². The number of aromatic nitrogens is 1. The van der Waals surface area contributed by atoms with Gasteiger partial charge >= 0.3 is 5.97 Å². The highest BCUT2D eigenvalue weighted by Gasteiger charge is 2.22. The molecule has 1 aromatic heterocycles. The van der Waals surface area contributed by atoms with E-state index in [9.17, 15) is 9.90 Å². The number of aromatic carboxylic acids is 1. The van der Waals surface area contributed by atoms with Crippen LogP contribution in [-0.4, -0.2) is 23.2 Å². The van der Waals surface area contributed by atoms with E-state index in [1.165, 1.54) is 43.4 Å². The van der Waals surface area contributed by atoms with E-state index in [1.807, 2.05) is 0 Å². The van der Waals surface area contributed by atoms with Gasteiger partial charge in [0, 0.05) is 13.0 Å². The minimum atomic E-state index is -0.887. The number of nitrogens with zero attached hydrogens (tertiary/aromatic N) is 1. The van der Waals surface area contributed by atoms with Crippen LogP contribution < -0.4 is 0 Å². The highest BCUT2D eigenvalue weighted by molar-refractivity contribution is 7.13. The Balaban J connectivity index is 2.17. The first-order valence-corrected chi connectivity index (χ1v) is 7.76. The van der Waals surface area contributed by atoms with Gasteiger partial charge in [0.1, 0.15) is 4.88 Å². The van der Waals surface area contributed by atoms with Crippen LogP contribution in [0.1, 0.15) is 71.2 Å². The van der Waals surface area contributed by atoms with Gasteiger partial charge in [0.05, 0.1) is 17.3 Å². The Morgan fingerprint density at radius 1 is 1.32 bits per heavy atom. The molecule has 0 amide bonds. The van der Waals surface area contributed by atoms with Gasteiger partial charge < -0.3 is 9.84 Å². The Morgan fingerprint density at radius 2 is 1.95 bits per heavy atom. The summed E-state index contributed by atoms with van der Waals surface area (Å²) in [7, 11) is 1.57. The van der Waals surface area contributed by atoms with Crippen molar-refractivity contribution in [3.05, 3.63) is 15.6 Å². The van der Waals surface area contributed by atoms with Crippen LogP contribution in [0.2, 0.25) is 0 Å². The minimum absolute atomic E-state index is 0.283. The number of hydrogen-bond acceptors (Lipinski definition) is 4. The van der Waals surface area contributed by atoms with E-state index in [0.29, 0.717) is 16.5 Å². The summed E-state index contributed by atoms with van der Waals surface area (Å²) in [6.45, 7) is 0.283. The monoisotopic (exact) mass is 283 g/mol. The summed E-state index contributed by atoms with van der Waals surface area (Å²) < 4.78 is 5.04. The summed E-state index contributed by atoms with van der Waals surface area (Å²) in [5, 5.41) is 10.2. The van der Waals surface area contributed by atoms with Crippen molar-refractivity contribution in [2.24, 2.45) is 0 Å². The number of methoxy groups -OCH3 is 1. The minimum Gasteiger partial charge on any atom is -0.477 e. The lowest BCUT2D eigenvalue weighted by Gasteiger charge is -2.17. The average molecular weight is 283 g/mol. The third-order valence-corrected chi connectivity index (χ3v) is 4.89. The SMILES string of the molecule is COCc1nc(C2CCCCCCC2)sc1C(=O)O. The molecule has 106 valence electrons. The van der Waals surface area contributed by atoms with E-state index in [0.717, 1.165) is 17.8 Å². The fourth-order valence-corrected chi connectivity index (χ4v) is 3.73. The number of hydrogen-bond donors (Lipinski definition) is 1. The van der Waals surface area contributed by atoms with Crippen molar-refractivity contribution in [1.82, 2.24) is 4.98 Å². The van der Waals surface area contributed by atoms with E-state index in [-0.39, 0.29) is 6.61 Å². The summed E-state index contributed by atoms with van der Waals surface area (Å²) >= 11 is 1.34. The van der Waals surface area contributed by atoms with Crippen molar-refractivity contribution in [1.29, 1.82) is 0 Å². The van der Waals surface area contributed by atoms with Gasteiger partial charge in [0.25, 0.3) is 0 Å². The van der Waals surface area contributed by atoms with Crippen molar-refractivity contribution in [3.8, 4) is 0 Å². The molecule has 1 aromatic rings. The first kappa shape index (κ1) is 14.5. The second-order valence-electron chi connectivity index (χ2n) is 5.11. The first-order valence-electron chi connectivity index (χ1n) is 6.94. The van der Waals surface area contributed by atoms with E-state index >= 15 is 0 Å². The molecule has 0 unspecified atom stereocenters. The molecule has 1 N–H and O–H groups in total. The molecule has 1 aliphatic rings. The summed E-state index contributed by atoms with van der Waals surface area (Å²) in [5.41, 5.74) is 0.581. The molecule has 1 fully saturated rings. The van der Waals surface area contributed by atoms with E-state index < -0.39 is 5.97 Å². The number of carbonyl (C=O) groups is 1. The predicted molar refractivity (Wildman–Crippen MR) is 74.8 cm³/mol. The van der Waals surface area contributed by atoms with Gasteiger partial charge in [-0.25, -0.2) is 9.78 Å². The fourth-order valence-electron chi connectivity index (χ4n) is 2.65. The van der Waals surface area contributed by atoms with Crippen LogP contribution in [0.3, 0.4) is 0 Å². The van der Waals surface area contributed by atoms with Gasteiger partial charge in [-0.1, -0.05) is 32.1 Å². The van der Waals surface area contributed by atoms with Crippen molar-refractivity contribution in [3.63, 3.8) is 0 Å². The van der Waals surface area contributed by atoms with Gasteiger partial charge in [0.2, 0.25) is 0 Å². The summed E-state index contributed by atoms with van der Waals surface area (Å²) in [5.74, 6) is -0.448. The Morgan fingerprint density at radius 3 is 2.53 bits per heavy atom. The average Bonchev–Trinajstić information content (AvgIpc) is 2.73. The van der Waals surface area contributed by atoms with Crippen molar-refractivity contribution in [2.75, 3.05) is 7.11 Å². The molecular weight excluding hydrogens is 262 g/mol. The Bertz CT molecular complexity index is 422. The largest absolute Gasteiger partial charge is 0.477 e. The van der Waals surface area contributed by atoms with Crippen LogP contribution in [0, 0.1) is 0 Å². The number of carboxylic acids is 1. The van der Waals surface area contributed by atoms with Crippen molar-refractivity contribution < 1.29 is 14.6 Å². The molecule has 0 atom stereocenters. The Labute approximate surface area is 117 Å². The molecular formula is C14H21NO3S. The molecule has 0 radical (unpaired) electrons. The number of rotatable bonds is 4. The lowest BCUT2D eigenvalue weighted by atomic mass is 9.92. The zero-order valence-electron chi connectivity index (χ0n) is 11.4. The van der Waals surface area contributed by atoms with Crippen LogP contribution >= 0.6 is 11.3 Å². The zero-order chi connectivity index (χ0) is 13.7. The summed E-state index contributed by atoms with van der Waals surface area (Å²) in [6, 6.07) is 0. The maximum atomic E-state index is 11.2. The van der Waals surface area contributed by atoms with Crippen LogP contribution in [0.4, 0.5) is 0 Å². The quantitative estimate of drug-likeness (QED) is 0.912. The highest BCUT2D eigenvalue weighted by atomic mass is 32.1. The molecule has 0 aromatic carbocycles. The van der Waals surface area contributed by atoms with Gasteiger partial charge in [-0.05, 0) is 12.8 Å². The summed E-state index contributed by atoms with van der Waals surface area (Å²) in [6.07, 6.45) is 8.65. The molecule has 1 saturated carbocycles. The van der Waals surface area contributed by atoms with E-state index in [1.54, 1.807) is 7.11 Å². The second kappa shape index (κ2) is 7.01. The highest BCUT2D eigenvalue weighted by Crippen LogP contribution is 2.34. The lowest BCUT2D eigenvalue weighted by molar-refractivity contribution is 0.0697. The predicted octanol–water partition coefficient (Wildman–Crippen LogP) is 3.82. The zero-order valence-corrected chi connectivity index (χ0v) is 12.2. The van der Waals surface area contributed by atoms with E-state index in [4.69, 9.17) is 4.74 Å². The van der Waals surface area contributed by atoms with Gasteiger partial charge in [-0.2, -0.15) is 0 Å². The van der Waals surface area contributed by atoms with Crippen molar-refractivity contribution >= 4 is 17.3 Å². The number of ether oxygens (including phenoxy) is 1. The first-order chi connectivity index (χ1) is 9.22. The molecule has 1 heterocycles. The van der Waals surface area contributed by atoms with Gasteiger partial charge in [0.15, 0.2) is 0 Å². The molecule has 0 bridgehead atoms. The summed E-state index contributed by atoms with van der Waals surface area (Å²) in [4.78, 5) is 16.1. The second-order valence-corrected chi connectivity index (χ2v) is 6.14. The third-order valence-electron chi connectivity index (χ3n) is 3.64. The molecule has 1 aliphatic carbocycles. The molecule has 4 nitrogen and oxygen atoms in total. The van der Waals surface area contributed by atoms with Crippen LogP contribution in [0.15, 0.2) is 0 Å². The normalized spacial score (nSPS) is 17.9. The van der Waals surface area contributed by atoms with E-state index in [2.05, 4.69) is 4.98 Å². The maximum absolute atomic E-state index is 11.2. The third kappa shape index (κ3) is 3.76. The number of carboxylic acid groups (broad SMARTS) is 1. The standard InChI is InChI=1S/C14H21NO3S/c1-18-9-11-12(14(16)17)19-13(15-11)10-7-5-3-2-4-6-8-10/h10H,2-9H2,1H3,(H,16,17). The smallest absolute Gasteiger partial charge is 0.347 e. The molecule has 0 aliphatic heterocycles. The number of thiazole rings is 1. The molecule has 5 heteroatoms. The molecule has 0 spiro atoms. The van der Waals surface area contributed by atoms with Crippen LogP contribution in [-0.2, 0) is 11.3 Å². The maximum Gasteiger partial charge on any atom is 0.347 e. The van der Waals surface area contributed by atoms with Gasteiger partial charge in [-0.15, -0.1) is 11.3 Å². The molecule has 2 rings (SSSR count). The molecule has 19 heavy (non-hydrogen) atoms. The van der Waals surface area contributed by atoms with Crippen molar-refractivity contribution in [2.45, 2.75) is 57.5 Å². The van der Waals surface area contributed by atoms with Crippen LogP contribution in [0.25, 0.3) is 0 Å². The molecule has 0 saturated heterocycles. The lowest BCUT2D eigenvalue weighted by Crippen LogP contribution is -2.02.